The summed E-state index contributed by atoms with van der Waals surface area (Å²) in [5.41, 5.74) is 24.2. The molecule has 0 saturated carbocycles. The van der Waals surface area contributed by atoms with E-state index in [1.54, 1.807) is 0 Å². The highest BCUT2D eigenvalue weighted by Crippen LogP contribution is 2.65. The largest absolute Gasteiger partial charge is 0.310 e. The number of hydrogen-bond acceptors (Lipinski definition) is 1. The predicted molar refractivity (Wildman–Crippen MR) is 258 cm³/mol. The smallest absolute Gasteiger partial charge is 0.0726 e. The van der Waals surface area contributed by atoms with Gasteiger partial charge in [0.15, 0.2) is 0 Å². The van der Waals surface area contributed by atoms with Crippen molar-refractivity contribution in [2.75, 3.05) is 4.90 Å². The first kappa shape index (κ1) is 37.6. The second-order valence-corrected chi connectivity index (χ2v) is 20.2. The van der Waals surface area contributed by atoms with Gasteiger partial charge in [0, 0.05) is 22.4 Å². The van der Waals surface area contributed by atoms with Crippen LogP contribution in [0.3, 0.4) is 0 Å². The minimum atomic E-state index is -0.487. The third kappa shape index (κ3) is 5.39. The minimum Gasteiger partial charge on any atom is -0.310 e. The minimum absolute atomic E-state index is 0.00587. The maximum absolute atomic E-state index is 2.55. The van der Waals surface area contributed by atoms with Gasteiger partial charge in [-0.15, -0.1) is 0 Å². The Balaban J connectivity index is 1.20. The van der Waals surface area contributed by atoms with Crippen molar-refractivity contribution in [3.05, 3.63) is 220 Å². The fourth-order valence-electron chi connectivity index (χ4n) is 11.0. The maximum atomic E-state index is 2.55. The van der Waals surface area contributed by atoms with Gasteiger partial charge in [0.1, 0.15) is 0 Å². The van der Waals surface area contributed by atoms with Gasteiger partial charge in [0.25, 0.3) is 0 Å². The van der Waals surface area contributed by atoms with E-state index < -0.39 is 5.41 Å². The second kappa shape index (κ2) is 13.0. The normalized spacial score (nSPS) is 14.8. The van der Waals surface area contributed by atoms with E-state index in [4.69, 9.17) is 0 Å². The highest BCUT2D eigenvalue weighted by atomic mass is 15.1. The Morgan fingerprint density at radius 2 is 0.852 bits per heavy atom. The molecule has 0 aromatic heterocycles. The molecular formula is C60H53N. The highest BCUT2D eigenvalue weighted by molar-refractivity contribution is 6.01. The Morgan fingerprint density at radius 3 is 1.49 bits per heavy atom. The molecule has 0 radical (unpaired) electrons. The first-order valence-electron chi connectivity index (χ1n) is 22.0. The van der Waals surface area contributed by atoms with Crippen LogP contribution < -0.4 is 4.90 Å². The van der Waals surface area contributed by atoms with Crippen molar-refractivity contribution in [2.45, 2.75) is 77.0 Å². The summed E-state index contributed by atoms with van der Waals surface area (Å²) in [6, 6.07) is 67.1. The topological polar surface area (TPSA) is 3.24 Å². The Kier molecular flexibility index (Phi) is 8.02. The van der Waals surface area contributed by atoms with Gasteiger partial charge in [-0.05, 0) is 125 Å². The van der Waals surface area contributed by atoms with Crippen LogP contribution in [-0.4, -0.2) is 0 Å². The van der Waals surface area contributed by atoms with Crippen molar-refractivity contribution in [3.8, 4) is 44.5 Å². The molecule has 1 spiro atoms. The van der Waals surface area contributed by atoms with Gasteiger partial charge in [-0.1, -0.05) is 201 Å². The molecule has 0 aliphatic heterocycles. The van der Waals surface area contributed by atoms with Gasteiger partial charge < -0.3 is 4.90 Å². The van der Waals surface area contributed by atoms with Crippen molar-refractivity contribution in [2.24, 2.45) is 0 Å². The highest BCUT2D eigenvalue weighted by Gasteiger charge is 2.53. The second-order valence-electron chi connectivity index (χ2n) is 20.2. The molecule has 0 bridgehead atoms. The maximum Gasteiger partial charge on any atom is 0.0726 e. The Labute approximate surface area is 362 Å². The number of nitrogens with zero attached hydrogens (tertiary/aromatic N) is 1. The molecular weight excluding hydrogens is 735 g/mol. The molecule has 298 valence electrons. The standard InChI is InChI=1S/C60H53N/c1-57(2,3)40-27-32-46-47-33-28-41(58(4,5)6)36-54(47)60(53(46)35-40)50-22-15-13-20-48(50)56-51(60)23-16-24-55(56)61(42-29-25-39(26-30-42)38-17-10-9-11-18-38)43-31-34-45-44-19-12-14-21-49(44)59(7,8)52(45)37-43/h9-37H,1-8H3. The van der Waals surface area contributed by atoms with Gasteiger partial charge in [-0.3, -0.25) is 0 Å². The molecule has 0 unspecified atom stereocenters. The number of anilines is 3. The lowest BCUT2D eigenvalue weighted by molar-refractivity contribution is 0.586. The quantitative estimate of drug-likeness (QED) is 0.172. The van der Waals surface area contributed by atoms with Crippen molar-refractivity contribution < 1.29 is 0 Å². The van der Waals surface area contributed by atoms with Crippen molar-refractivity contribution in [1.29, 1.82) is 0 Å². The molecule has 8 aromatic carbocycles. The van der Waals surface area contributed by atoms with E-state index in [0.29, 0.717) is 0 Å². The summed E-state index contributed by atoms with van der Waals surface area (Å²) in [5.74, 6) is 0. The molecule has 0 heterocycles. The first-order valence-corrected chi connectivity index (χ1v) is 22.0. The Morgan fingerprint density at radius 1 is 0.361 bits per heavy atom. The summed E-state index contributed by atoms with van der Waals surface area (Å²) >= 11 is 0. The van der Waals surface area contributed by atoms with E-state index in [1.807, 2.05) is 0 Å². The van der Waals surface area contributed by atoms with E-state index >= 15 is 0 Å². The van der Waals surface area contributed by atoms with Gasteiger partial charge in [0.2, 0.25) is 0 Å². The Bertz CT molecular complexity index is 2990. The fourth-order valence-corrected chi connectivity index (χ4v) is 11.0. The van der Waals surface area contributed by atoms with Crippen LogP contribution in [0.1, 0.15) is 99.9 Å². The van der Waals surface area contributed by atoms with Gasteiger partial charge in [-0.2, -0.15) is 0 Å². The zero-order chi connectivity index (χ0) is 42.1. The lowest BCUT2D eigenvalue weighted by Gasteiger charge is -2.33. The predicted octanol–water partition coefficient (Wildman–Crippen LogP) is 16.1. The SMILES string of the molecule is CC(C)(C)c1ccc2c(c1)C1(c3cc(C(C)(C)C)ccc3-2)c2ccccc2-c2c(N(c3ccc(-c4ccccc4)cc3)c3ccc4c(c3)C(C)(C)c3ccccc3-4)cccc21. The van der Waals surface area contributed by atoms with Crippen molar-refractivity contribution >= 4 is 17.1 Å². The number of benzene rings is 8. The monoisotopic (exact) mass is 787 g/mol. The summed E-state index contributed by atoms with van der Waals surface area (Å²) in [6.07, 6.45) is 0. The summed E-state index contributed by atoms with van der Waals surface area (Å²) in [6.45, 7) is 18.8. The summed E-state index contributed by atoms with van der Waals surface area (Å²) in [5, 5.41) is 0. The molecule has 0 N–H and O–H groups in total. The molecule has 0 atom stereocenters. The molecule has 1 heteroatoms. The average molecular weight is 788 g/mol. The third-order valence-electron chi connectivity index (χ3n) is 14.2. The van der Waals surface area contributed by atoms with Gasteiger partial charge in [-0.25, -0.2) is 0 Å². The van der Waals surface area contributed by atoms with Crippen LogP contribution in [0.25, 0.3) is 44.5 Å². The van der Waals surface area contributed by atoms with Crippen molar-refractivity contribution in [1.82, 2.24) is 0 Å². The Hall–Kier alpha value is -6.44. The molecule has 3 aliphatic carbocycles. The van der Waals surface area contributed by atoms with Gasteiger partial charge >= 0.3 is 0 Å². The summed E-state index contributed by atoms with van der Waals surface area (Å²) < 4.78 is 0. The van der Waals surface area contributed by atoms with Gasteiger partial charge in [0.05, 0.1) is 11.1 Å². The van der Waals surface area contributed by atoms with Crippen molar-refractivity contribution in [3.63, 3.8) is 0 Å². The summed E-state index contributed by atoms with van der Waals surface area (Å²) in [4.78, 5) is 2.54. The molecule has 0 amide bonds. The van der Waals surface area contributed by atoms with Crippen LogP contribution >= 0.6 is 0 Å². The van der Waals surface area contributed by atoms with E-state index in [1.165, 1.54) is 94.7 Å². The van der Waals surface area contributed by atoms with Crippen LogP contribution in [0.4, 0.5) is 17.1 Å². The fraction of sp³-hybridized carbons (Fsp3) is 0.200. The molecule has 61 heavy (non-hydrogen) atoms. The number of rotatable bonds is 4. The molecule has 1 nitrogen and oxygen atoms in total. The zero-order valence-electron chi connectivity index (χ0n) is 36.7. The molecule has 0 fully saturated rings. The number of hydrogen-bond donors (Lipinski definition) is 0. The van der Waals surface area contributed by atoms with E-state index in [9.17, 15) is 0 Å². The zero-order valence-corrected chi connectivity index (χ0v) is 36.7. The lowest BCUT2D eigenvalue weighted by atomic mass is 9.69. The van der Waals surface area contributed by atoms with Crippen LogP contribution in [0.15, 0.2) is 176 Å². The first-order chi connectivity index (χ1) is 29.3. The van der Waals surface area contributed by atoms with E-state index in [2.05, 4.69) is 236 Å². The third-order valence-corrected chi connectivity index (χ3v) is 14.2. The molecule has 8 aromatic rings. The molecule has 0 saturated heterocycles. The van der Waals surface area contributed by atoms with Crippen LogP contribution in [-0.2, 0) is 21.7 Å². The average Bonchev–Trinajstić information content (AvgIpc) is 3.82. The van der Waals surface area contributed by atoms with E-state index in [0.717, 1.165) is 11.4 Å². The lowest BCUT2D eigenvalue weighted by Crippen LogP contribution is -2.27. The molecule has 3 aliphatic rings. The molecule has 11 rings (SSSR count). The number of fused-ring (bicyclic) bond motifs is 13. The van der Waals surface area contributed by atoms with E-state index in [-0.39, 0.29) is 16.2 Å². The van der Waals surface area contributed by atoms with Crippen LogP contribution in [0.5, 0.6) is 0 Å². The van der Waals surface area contributed by atoms with Crippen LogP contribution in [0.2, 0.25) is 0 Å². The van der Waals surface area contributed by atoms with Crippen LogP contribution in [0, 0.1) is 0 Å². The summed E-state index contributed by atoms with van der Waals surface area (Å²) in [7, 11) is 0.